The molecule has 0 unspecified atom stereocenters. The number of nitrogens with zero attached hydrogens (tertiary/aromatic N) is 5. The van der Waals surface area contributed by atoms with Crippen LogP contribution in [0.1, 0.15) is 15.9 Å². The van der Waals surface area contributed by atoms with Crippen molar-refractivity contribution in [1.29, 1.82) is 0 Å². The second kappa shape index (κ2) is 8.01. The molecule has 146 valence electrons. The molecule has 4 aromatic rings. The molecule has 1 aromatic carbocycles. The lowest BCUT2D eigenvalue weighted by Crippen LogP contribution is -2.27. The van der Waals surface area contributed by atoms with Crippen molar-refractivity contribution in [1.82, 2.24) is 29.6 Å². The number of hydrogen-bond acceptors (Lipinski definition) is 5. The summed E-state index contributed by atoms with van der Waals surface area (Å²) in [6.07, 6.45) is 6.02. The van der Waals surface area contributed by atoms with Gasteiger partial charge in [-0.25, -0.2) is 14.1 Å². The number of benzene rings is 1. The molecule has 1 N–H and O–H groups in total. The highest BCUT2D eigenvalue weighted by Crippen LogP contribution is 2.08. The Kier molecular flexibility index (Phi) is 5.10. The molecule has 0 aliphatic rings. The van der Waals surface area contributed by atoms with Gasteiger partial charge in [0.05, 0.1) is 19.3 Å². The first-order chi connectivity index (χ1) is 14.1. The third-order valence-corrected chi connectivity index (χ3v) is 4.44. The van der Waals surface area contributed by atoms with Gasteiger partial charge in [-0.1, -0.05) is 12.1 Å². The SMILES string of the molecule is O=C(NCCn1ncc2c(=O)n(Cc3ccc(F)cc3)cnc21)c1ccncc1. The molecule has 0 saturated carbocycles. The van der Waals surface area contributed by atoms with Crippen LogP contribution in [0.4, 0.5) is 4.39 Å². The van der Waals surface area contributed by atoms with Gasteiger partial charge < -0.3 is 5.32 Å². The summed E-state index contributed by atoms with van der Waals surface area (Å²) in [6, 6.07) is 9.21. The van der Waals surface area contributed by atoms with Crippen LogP contribution in [-0.4, -0.2) is 36.8 Å². The van der Waals surface area contributed by atoms with Gasteiger partial charge in [-0.3, -0.25) is 19.1 Å². The minimum absolute atomic E-state index is 0.210. The van der Waals surface area contributed by atoms with E-state index in [0.29, 0.717) is 29.7 Å². The van der Waals surface area contributed by atoms with Gasteiger partial charge in [0.2, 0.25) is 0 Å². The van der Waals surface area contributed by atoms with Crippen LogP contribution in [0.25, 0.3) is 11.0 Å². The lowest BCUT2D eigenvalue weighted by Gasteiger charge is -2.07. The molecule has 8 nitrogen and oxygen atoms in total. The Labute approximate surface area is 164 Å². The second-order valence-electron chi connectivity index (χ2n) is 6.40. The fourth-order valence-corrected chi connectivity index (χ4v) is 2.94. The molecular weight excluding hydrogens is 375 g/mol. The Hall–Kier alpha value is -3.88. The Morgan fingerprint density at radius 2 is 1.86 bits per heavy atom. The van der Waals surface area contributed by atoms with E-state index in [9.17, 15) is 14.0 Å². The molecule has 1 amide bonds. The number of fused-ring (bicyclic) bond motifs is 1. The maximum absolute atomic E-state index is 13.0. The molecule has 9 heteroatoms. The quantitative estimate of drug-likeness (QED) is 0.538. The Balaban J connectivity index is 1.46. The number of amides is 1. The summed E-state index contributed by atoms with van der Waals surface area (Å²) in [7, 11) is 0. The molecule has 0 bridgehead atoms. The number of halogens is 1. The standard InChI is InChI=1S/C20H17FN6O2/c21-16-3-1-14(2-4-16)12-26-13-24-18-17(20(26)29)11-25-27(18)10-9-23-19(28)15-5-7-22-8-6-15/h1-8,11,13H,9-10,12H2,(H,23,28). The van der Waals surface area contributed by atoms with Crippen molar-refractivity contribution in [3.05, 3.63) is 88.6 Å². The fraction of sp³-hybridized carbons (Fsp3) is 0.150. The molecule has 0 fully saturated rings. The van der Waals surface area contributed by atoms with E-state index in [1.807, 2.05) is 0 Å². The summed E-state index contributed by atoms with van der Waals surface area (Å²) >= 11 is 0. The average molecular weight is 392 g/mol. The lowest BCUT2D eigenvalue weighted by atomic mass is 10.2. The average Bonchev–Trinajstić information content (AvgIpc) is 3.16. The van der Waals surface area contributed by atoms with Gasteiger partial charge in [0.25, 0.3) is 11.5 Å². The normalized spacial score (nSPS) is 10.9. The number of rotatable bonds is 6. The Bertz CT molecular complexity index is 1200. The van der Waals surface area contributed by atoms with Gasteiger partial charge >= 0.3 is 0 Å². The third-order valence-electron chi connectivity index (χ3n) is 4.44. The predicted octanol–water partition coefficient (Wildman–Crippen LogP) is 1.61. The van der Waals surface area contributed by atoms with Crippen LogP contribution in [0.2, 0.25) is 0 Å². The summed E-state index contributed by atoms with van der Waals surface area (Å²) in [4.78, 5) is 33.0. The monoisotopic (exact) mass is 392 g/mol. The van der Waals surface area contributed by atoms with E-state index in [-0.39, 0.29) is 23.8 Å². The van der Waals surface area contributed by atoms with E-state index < -0.39 is 0 Å². The van der Waals surface area contributed by atoms with Crippen molar-refractivity contribution in [3.8, 4) is 0 Å². The molecule has 3 aromatic heterocycles. The number of nitrogens with one attached hydrogen (secondary N) is 1. The zero-order chi connectivity index (χ0) is 20.2. The van der Waals surface area contributed by atoms with Crippen molar-refractivity contribution in [3.63, 3.8) is 0 Å². The van der Waals surface area contributed by atoms with E-state index in [0.717, 1.165) is 5.56 Å². The van der Waals surface area contributed by atoms with Crippen molar-refractivity contribution in [2.75, 3.05) is 6.54 Å². The van der Waals surface area contributed by atoms with E-state index in [4.69, 9.17) is 0 Å². The first-order valence-electron chi connectivity index (χ1n) is 8.95. The number of aromatic nitrogens is 5. The van der Waals surface area contributed by atoms with Crippen LogP contribution in [0.3, 0.4) is 0 Å². The van der Waals surface area contributed by atoms with Gasteiger partial charge in [-0.05, 0) is 29.8 Å². The maximum atomic E-state index is 13.0. The Morgan fingerprint density at radius 1 is 1.10 bits per heavy atom. The highest BCUT2D eigenvalue weighted by molar-refractivity contribution is 5.93. The van der Waals surface area contributed by atoms with Crippen molar-refractivity contribution in [2.45, 2.75) is 13.1 Å². The van der Waals surface area contributed by atoms with Crippen molar-refractivity contribution >= 4 is 16.9 Å². The number of carbonyl (C=O) groups excluding carboxylic acids is 1. The molecule has 29 heavy (non-hydrogen) atoms. The van der Waals surface area contributed by atoms with Crippen LogP contribution in [0.5, 0.6) is 0 Å². The zero-order valence-corrected chi connectivity index (χ0v) is 15.3. The maximum Gasteiger partial charge on any atom is 0.264 e. The molecule has 0 saturated heterocycles. The first-order valence-corrected chi connectivity index (χ1v) is 8.95. The van der Waals surface area contributed by atoms with E-state index in [2.05, 4.69) is 20.4 Å². The molecular formula is C20H17FN6O2. The predicted molar refractivity (Wildman–Crippen MR) is 104 cm³/mol. The second-order valence-corrected chi connectivity index (χ2v) is 6.40. The summed E-state index contributed by atoms with van der Waals surface area (Å²) < 4.78 is 16.1. The van der Waals surface area contributed by atoms with Crippen LogP contribution in [0.15, 0.2) is 66.1 Å². The van der Waals surface area contributed by atoms with Crippen molar-refractivity contribution in [2.24, 2.45) is 0 Å². The van der Waals surface area contributed by atoms with Crippen LogP contribution in [0, 0.1) is 5.82 Å². The molecule has 0 aliphatic carbocycles. The zero-order valence-electron chi connectivity index (χ0n) is 15.3. The molecule has 0 atom stereocenters. The molecule has 0 radical (unpaired) electrons. The summed E-state index contributed by atoms with van der Waals surface area (Å²) in [5.74, 6) is -0.537. The van der Waals surface area contributed by atoms with Gasteiger partial charge in [0.1, 0.15) is 17.5 Å². The first kappa shape index (κ1) is 18.5. The lowest BCUT2D eigenvalue weighted by molar-refractivity contribution is 0.0952. The number of hydrogen-bond donors (Lipinski definition) is 1. The van der Waals surface area contributed by atoms with Crippen LogP contribution >= 0.6 is 0 Å². The molecule has 3 heterocycles. The van der Waals surface area contributed by atoms with Gasteiger partial charge in [-0.15, -0.1) is 0 Å². The number of pyridine rings is 1. The largest absolute Gasteiger partial charge is 0.350 e. The van der Waals surface area contributed by atoms with Crippen molar-refractivity contribution < 1.29 is 9.18 Å². The minimum atomic E-state index is -0.327. The third kappa shape index (κ3) is 4.03. The van der Waals surface area contributed by atoms with Gasteiger partial charge in [-0.2, -0.15) is 5.10 Å². The molecule has 0 spiro atoms. The van der Waals surface area contributed by atoms with E-state index in [1.54, 1.807) is 41.3 Å². The fourth-order valence-electron chi connectivity index (χ4n) is 2.94. The summed E-state index contributed by atoms with van der Waals surface area (Å²) in [6.45, 7) is 0.988. The topological polar surface area (TPSA) is 94.7 Å². The summed E-state index contributed by atoms with van der Waals surface area (Å²) in [5.41, 5.74) is 1.53. The molecule has 0 aliphatic heterocycles. The van der Waals surface area contributed by atoms with E-state index >= 15 is 0 Å². The van der Waals surface area contributed by atoms with Crippen LogP contribution < -0.4 is 10.9 Å². The smallest absolute Gasteiger partial charge is 0.264 e. The Morgan fingerprint density at radius 3 is 2.62 bits per heavy atom. The van der Waals surface area contributed by atoms with Gasteiger partial charge in [0.15, 0.2) is 5.65 Å². The van der Waals surface area contributed by atoms with Crippen LogP contribution in [-0.2, 0) is 13.1 Å². The highest BCUT2D eigenvalue weighted by atomic mass is 19.1. The highest BCUT2D eigenvalue weighted by Gasteiger charge is 2.11. The minimum Gasteiger partial charge on any atom is -0.350 e. The van der Waals surface area contributed by atoms with E-state index in [1.165, 1.54) is 29.2 Å². The molecule has 4 rings (SSSR count). The number of carbonyl (C=O) groups is 1. The summed E-state index contributed by atoms with van der Waals surface area (Å²) in [5, 5.41) is 7.40. The van der Waals surface area contributed by atoms with Gasteiger partial charge in [0, 0.05) is 24.5 Å².